The fraction of sp³-hybridized carbons (Fsp3) is 0. The zero-order valence-corrected chi connectivity index (χ0v) is 23.2. The Morgan fingerprint density at radius 3 is 0.619 bits per heavy atom. The minimum atomic E-state index is 1.14. The van der Waals surface area contributed by atoms with Gasteiger partial charge in [0.1, 0.15) is 0 Å². The van der Waals surface area contributed by atoms with Crippen molar-refractivity contribution in [3.8, 4) is 66.8 Å². The Labute approximate surface area is 247 Å². The molecule has 1 nitrogen and oxygen atoms in total. The van der Waals surface area contributed by atoms with Crippen LogP contribution in [0, 0.1) is 0 Å². The molecule has 0 bridgehead atoms. The van der Waals surface area contributed by atoms with Crippen LogP contribution in [0.1, 0.15) is 0 Å². The van der Waals surface area contributed by atoms with Crippen molar-refractivity contribution in [2.24, 2.45) is 0 Å². The van der Waals surface area contributed by atoms with Crippen molar-refractivity contribution >= 4 is 0 Å². The SMILES string of the molecule is c1ccc(-c2c(-c3ccccc3)c(-c3ccccc3)c(-c3ccncc3)c(-c3ccccc3)c2-c2ccccc2)cc1. The van der Waals surface area contributed by atoms with Crippen molar-refractivity contribution in [3.05, 3.63) is 176 Å². The lowest BCUT2D eigenvalue weighted by molar-refractivity contribution is 1.33. The number of hydrogen-bond donors (Lipinski definition) is 0. The Morgan fingerprint density at radius 2 is 0.405 bits per heavy atom. The number of nitrogens with zero attached hydrogens (tertiary/aromatic N) is 1. The summed E-state index contributed by atoms with van der Waals surface area (Å²) in [5, 5.41) is 0. The first kappa shape index (κ1) is 25.4. The zero-order valence-electron chi connectivity index (χ0n) is 23.2. The quantitative estimate of drug-likeness (QED) is 0.206. The normalized spacial score (nSPS) is 10.9. The maximum Gasteiger partial charge on any atom is 0.0273 e. The third-order valence-corrected chi connectivity index (χ3v) is 7.78. The Bertz CT molecular complexity index is 1520. The predicted octanol–water partition coefficient (Wildman–Crippen LogP) is 11.1. The van der Waals surface area contributed by atoms with Crippen molar-refractivity contribution in [2.45, 2.75) is 0 Å². The van der Waals surface area contributed by atoms with E-state index < -0.39 is 0 Å². The van der Waals surface area contributed by atoms with Gasteiger partial charge in [-0.25, -0.2) is 0 Å². The second-order valence-corrected chi connectivity index (χ2v) is 10.3. The van der Waals surface area contributed by atoms with Gasteiger partial charge in [0.2, 0.25) is 0 Å². The number of rotatable bonds is 6. The average Bonchev–Trinajstić information content (AvgIpc) is 3.09. The molecule has 0 atom stereocenters. The largest absolute Gasteiger partial charge is 0.265 e. The molecule has 1 aromatic heterocycles. The summed E-state index contributed by atoms with van der Waals surface area (Å²) in [4.78, 5) is 4.40. The number of benzene rings is 6. The third kappa shape index (κ3) is 4.72. The van der Waals surface area contributed by atoms with E-state index in [-0.39, 0.29) is 0 Å². The second kappa shape index (κ2) is 11.5. The van der Waals surface area contributed by atoms with Gasteiger partial charge in [0.25, 0.3) is 0 Å². The van der Waals surface area contributed by atoms with Crippen LogP contribution in [-0.2, 0) is 0 Å². The van der Waals surface area contributed by atoms with Gasteiger partial charge in [-0.05, 0) is 78.9 Å². The summed E-state index contributed by atoms with van der Waals surface area (Å²) in [7, 11) is 0. The van der Waals surface area contributed by atoms with E-state index in [0.717, 1.165) is 5.56 Å². The summed E-state index contributed by atoms with van der Waals surface area (Å²) in [6, 6.07) is 58.5. The Kier molecular flexibility index (Phi) is 6.98. The molecule has 0 aliphatic rings. The van der Waals surface area contributed by atoms with E-state index in [1.807, 2.05) is 12.4 Å². The van der Waals surface area contributed by atoms with Crippen molar-refractivity contribution in [2.75, 3.05) is 0 Å². The van der Waals surface area contributed by atoms with Gasteiger partial charge in [-0.1, -0.05) is 152 Å². The van der Waals surface area contributed by atoms with E-state index in [1.54, 1.807) is 0 Å². The molecule has 0 unspecified atom stereocenters. The van der Waals surface area contributed by atoms with E-state index in [9.17, 15) is 0 Å². The summed E-state index contributed by atoms with van der Waals surface area (Å²) < 4.78 is 0. The van der Waals surface area contributed by atoms with Crippen LogP contribution < -0.4 is 0 Å². The molecule has 0 N–H and O–H groups in total. The Hall–Kier alpha value is -5.53. The molecule has 0 fully saturated rings. The standard InChI is InChI=1S/C41H29N/c1-6-16-30(17-7-1)36-37(31-18-8-2-9-19-31)39(33-22-12-4-13-23-33)41(35-26-28-42-29-27-35)40(34-24-14-5-15-25-34)38(36)32-20-10-3-11-21-32/h1-29H. The predicted molar refractivity (Wildman–Crippen MR) is 177 cm³/mol. The summed E-state index contributed by atoms with van der Waals surface area (Å²) in [6.45, 7) is 0. The van der Waals surface area contributed by atoms with Crippen LogP contribution in [0.4, 0.5) is 0 Å². The van der Waals surface area contributed by atoms with Crippen LogP contribution in [0.5, 0.6) is 0 Å². The Morgan fingerprint density at radius 1 is 0.214 bits per heavy atom. The van der Waals surface area contributed by atoms with Crippen LogP contribution in [0.2, 0.25) is 0 Å². The van der Waals surface area contributed by atoms with Gasteiger partial charge in [-0.2, -0.15) is 0 Å². The van der Waals surface area contributed by atoms with Gasteiger partial charge in [0, 0.05) is 12.4 Å². The molecule has 42 heavy (non-hydrogen) atoms. The summed E-state index contributed by atoms with van der Waals surface area (Å²) in [5.41, 5.74) is 14.3. The number of hydrogen-bond acceptors (Lipinski definition) is 1. The minimum absolute atomic E-state index is 1.14. The fourth-order valence-electron chi connectivity index (χ4n) is 6.02. The van der Waals surface area contributed by atoms with E-state index in [1.165, 1.54) is 61.2 Å². The third-order valence-electron chi connectivity index (χ3n) is 7.78. The molecule has 1 heterocycles. The zero-order chi connectivity index (χ0) is 28.1. The average molecular weight is 536 g/mol. The molecule has 0 aliphatic heterocycles. The molecule has 198 valence electrons. The summed E-state index contributed by atoms with van der Waals surface area (Å²) in [6.07, 6.45) is 3.79. The van der Waals surface area contributed by atoms with Gasteiger partial charge >= 0.3 is 0 Å². The smallest absolute Gasteiger partial charge is 0.0273 e. The van der Waals surface area contributed by atoms with Crippen LogP contribution in [0.15, 0.2) is 176 Å². The van der Waals surface area contributed by atoms with Gasteiger partial charge in [-0.3, -0.25) is 4.98 Å². The maximum atomic E-state index is 4.40. The molecule has 0 spiro atoms. The van der Waals surface area contributed by atoms with E-state index in [4.69, 9.17) is 0 Å². The number of aromatic nitrogens is 1. The molecule has 0 saturated carbocycles. The topological polar surface area (TPSA) is 12.9 Å². The lowest BCUT2D eigenvalue weighted by Gasteiger charge is -2.28. The van der Waals surface area contributed by atoms with Crippen LogP contribution in [-0.4, -0.2) is 4.98 Å². The maximum absolute atomic E-state index is 4.40. The molecule has 0 saturated heterocycles. The molecular formula is C41H29N. The molecule has 0 aliphatic carbocycles. The highest BCUT2D eigenvalue weighted by Gasteiger charge is 2.28. The van der Waals surface area contributed by atoms with Crippen LogP contribution >= 0.6 is 0 Å². The van der Waals surface area contributed by atoms with Crippen molar-refractivity contribution in [3.63, 3.8) is 0 Å². The van der Waals surface area contributed by atoms with E-state index >= 15 is 0 Å². The molecule has 1 heteroatoms. The molecule has 7 rings (SSSR count). The molecule has 6 aromatic carbocycles. The highest BCUT2D eigenvalue weighted by atomic mass is 14.6. The number of pyridine rings is 1. The molecule has 0 radical (unpaired) electrons. The van der Waals surface area contributed by atoms with Crippen LogP contribution in [0.3, 0.4) is 0 Å². The van der Waals surface area contributed by atoms with Gasteiger partial charge in [0.15, 0.2) is 0 Å². The summed E-state index contributed by atoms with van der Waals surface area (Å²) >= 11 is 0. The second-order valence-electron chi connectivity index (χ2n) is 10.3. The monoisotopic (exact) mass is 535 g/mol. The van der Waals surface area contributed by atoms with Gasteiger partial charge in [0.05, 0.1) is 0 Å². The van der Waals surface area contributed by atoms with E-state index in [0.29, 0.717) is 0 Å². The lowest BCUT2D eigenvalue weighted by atomic mass is 9.74. The van der Waals surface area contributed by atoms with Crippen molar-refractivity contribution in [1.29, 1.82) is 0 Å². The van der Waals surface area contributed by atoms with Crippen LogP contribution in [0.25, 0.3) is 66.8 Å². The van der Waals surface area contributed by atoms with Gasteiger partial charge < -0.3 is 0 Å². The Balaban J connectivity index is 1.81. The van der Waals surface area contributed by atoms with Crippen molar-refractivity contribution in [1.82, 2.24) is 4.98 Å². The highest BCUT2D eigenvalue weighted by Crippen LogP contribution is 2.55. The lowest BCUT2D eigenvalue weighted by Crippen LogP contribution is -2.02. The first-order valence-electron chi connectivity index (χ1n) is 14.3. The fourth-order valence-corrected chi connectivity index (χ4v) is 6.02. The highest BCUT2D eigenvalue weighted by molar-refractivity contribution is 6.14. The first-order chi connectivity index (χ1) is 20.9. The van der Waals surface area contributed by atoms with Gasteiger partial charge in [-0.15, -0.1) is 0 Å². The molecular weight excluding hydrogens is 506 g/mol. The van der Waals surface area contributed by atoms with E-state index in [2.05, 4.69) is 169 Å². The summed E-state index contributed by atoms with van der Waals surface area (Å²) in [5.74, 6) is 0. The molecule has 7 aromatic rings. The minimum Gasteiger partial charge on any atom is -0.265 e. The molecule has 0 amide bonds. The first-order valence-corrected chi connectivity index (χ1v) is 14.3. The van der Waals surface area contributed by atoms with Crippen molar-refractivity contribution < 1.29 is 0 Å².